The molecule has 0 bridgehead atoms. The minimum absolute atomic E-state index is 0.0546. The van der Waals surface area contributed by atoms with Gasteiger partial charge in [0.25, 0.3) is 0 Å². The number of para-hydroxylation sites is 1. The number of hydrogen-bond donors (Lipinski definition) is 3. The van der Waals surface area contributed by atoms with Crippen molar-refractivity contribution >= 4 is 28.9 Å². The van der Waals surface area contributed by atoms with Gasteiger partial charge in [-0.3, -0.25) is 9.59 Å². The molecule has 2 aromatic carbocycles. The number of rotatable bonds is 6. The van der Waals surface area contributed by atoms with E-state index >= 15 is 0 Å². The van der Waals surface area contributed by atoms with Crippen molar-refractivity contribution in [2.45, 2.75) is 27.2 Å². The van der Waals surface area contributed by atoms with Gasteiger partial charge in [-0.15, -0.1) is 0 Å². The third-order valence-electron chi connectivity index (χ3n) is 3.62. The molecule has 0 saturated heterocycles. The quantitative estimate of drug-likeness (QED) is 0.758. The lowest BCUT2D eigenvalue weighted by Crippen LogP contribution is -2.17. The summed E-state index contributed by atoms with van der Waals surface area (Å²) in [5.41, 5.74) is 4.84. The lowest BCUT2D eigenvalue weighted by Gasteiger charge is -2.12. The summed E-state index contributed by atoms with van der Waals surface area (Å²) in [6, 6.07) is 13.2. The molecule has 126 valence electrons. The Hall–Kier alpha value is -2.82. The maximum absolute atomic E-state index is 12.0. The van der Waals surface area contributed by atoms with Gasteiger partial charge in [-0.1, -0.05) is 18.2 Å². The van der Waals surface area contributed by atoms with Gasteiger partial charge in [-0.05, 0) is 49.2 Å². The molecule has 0 unspecified atom stereocenters. The van der Waals surface area contributed by atoms with Crippen LogP contribution in [0.25, 0.3) is 0 Å². The third-order valence-corrected chi connectivity index (χ3v) is 3.62. The molecule has 2 amide bonds. The fourth-order valence-electron chi connectivity index (χ4n) is 2.46. The summed E-state index contributed by atoms with van der Waals surface area (Å²) >= 11 is 0. The lowest BCUT2D eigenvalue weighted by atomic mass is 10.1. The number of hydrogen-bond acceptors (Lipinski definition) is 3. The zero-order valence-corrected chi connectivity index (χ0v) is 14.3. The summed E-state index contributed by atoms with van der Waals surface area (Å²) in [7, 11) is 0. The van der Waals surface area contributed by atoms with E-state index < -0.39 is 0 Å². The number of nitrogens with one attached hydrogen (secondary N) is 3. The second kappa shape index (κ2) is 8.15. The number of amides is 2. The molecule has 0 aromatic heterocycles. The van der Waals surface area contributed by atoms with Crippen molar-refractivity contribution in [1.29, 1.82) is 0 Å². The fraction of sp³-hybridized carbons (Fsp3) is 0.263. The average Bonchev–Trinajstić information content (AvgIpc) is 2.52. The zero-order chi connectivity index (χ0) is 17.5. The molecular weight excluding hydrogens is 302 g/mol. The first-order chi connectivity index (χ1) is 11.5. The summed E-state index contributed by atoms with van der Waals surface area (Å²) in [6.07, 6.45) is 0.376. The second-order valence-corrected chi connectivity index (χ2v) is 5.75. The normalized spacial score (nSPS) is 10.1. The van der Waals surface area contributed by atoms with E-state index in [0.717, 1.165) is 5.69 Å². The Kier molecular flexibility index (Phi) is 5.95. The van der Waals surface area contributed by atoms with Gasteiger partial charge in [0.15, 0.2) is 0 Å². The average molecular weight is 325 g/mol. The maximum atomic E-state index is 12.0. The summed E-state index contributed by atoms with van der Waals surface area (Å²) < 4.78 is 0. The molecule has 0 heterocycles. The van der Waals surface area contributed by atoms with Gasteiger partial charge in [0.2, 0.25) is 11.8 Å². The van der Waals surface area contributed by atoms with E-state index in [4.69, 9.17) is 0 Å². The SMILES string of the molecule is CC(=O)Nc1ccc(NC(=O)CCNc2c(C)cccc2C)cc1. The van der Waals surface area contributed by atoms with Gasteiger partial charge >= 0.3 is 0 Å². The standard InChI is InChI=1S/C19H23N3O2/c1-13-5-4-6-14(2)19(13)20-12-11-18(24)22-17-9-7-16(8-10-17)21-15(3)23/h4-10,20H,11-12H2,1-3H3,(H,21,23)(H,22,24). The molecule has 0 spiro atoms. The van der Waals surface area contributed by atoms with Crippen LogP contribution in [0.15, 0.2) is 42.5 Å². The van der Waals surface area contributed by atoms with Crippen LogP contribution in [0.1, 0.15) is 24.5 Å². The highest BCUT2D eigenvalue weighted by Crippen LogP contribution is 2.19. The van der Waals surface area contributed by atoms with Crippen molar-refractivity contribution in [2.75, 3.05) is 22.5 Å². The van der Waals surface area contributed by atoms with Crippen molar-refractivity contribution in [3.8, 4) is 0 Å². The van der Waals surface area contributed by atoms with Crippen LogP contribution < -0.4 is 16.0 Å². The molecule has 0 atom stereocenters. The predicted molar refractivity (Wildman–Crippen MR) is 98.4 cm³/mol. The van der Waals surface area contributed by atoms with Crippen LogP contribution in [-0.2, 0) is 9.59 Å². The van der Waals surface area contributed by atoms with E-state index in [9.17, 15) is 9.59 Å². The molecule has 3 N–H and O–H groups in total. The molecule has 0 aliphatic carbocycles. The molecule has 0 fully saturated rings. The van der Waals surface area contributed by atoms with Gasteiger partial charge in [0.1, 0.15) is 0 Å². The van der Waals surface area contributed by atoms with Crippen molar-refractivity contribution in [2.24, 2.45) is 0 Å². The fourth-order valence-corrected chi connectivity index (χ4v) is 2.46. The van der Waals surface area contributed by atoms with E-state index in [1.54, 1.807) is 24.3 Å². The van der Waals surface area contributed by atoms with Crippen molar-refractivity contribution in [3.05, 3.63) is 53.6 Å². The summed E-state index contributed by atoms with van der Waals surface area (Å²) in [4.78, 5) is 23.0. The number of anilines is 3. The van der Waals surface area contributed by atoms with E-state index in [-0.39, 0.29) is 11.8 Å². The summed E-state index contributed by atoms with van der Waals surface area (Å²) in [5.74, 6) is -0.176. The molecular formula is C19H23N3O2. The molecule has 0 aliphatic rings. The molecule has 5 heteroatoms. The van der Waals surface area contributed by atoms with Crippen LogP contribution in [0.3, 0.4) is 0 Å². The molecule has 0 aliphatic heterocycles. The number of carbonyl (C=O) groups excluding carboxylic acids is 2. The van der Waals surface area contributed by atoms with Crippen LogP contribution >= 0.6 is 0 Å². The van der Waals surface area contributed by atoms with Crippen LogP contribution in [0, 0.1) is 13.8 Å². The Labute approximate surface area is 142 Å². The topological polar surface area (TPSA) is 70.2 Å². The van der Waals surface area contributed by atoms with Gasteiger partial charge in [0.05, 0.1) is 0 Å². The minimum atomic E-state index is -0.121. The first-order valence-corrected chi connectivity index (χ1v) is 7.93. The number of aryl methyl sites for hydroxylation is 2. The van der Waals surface area contributed by atoms with Gasteiger partial charge in [0, 0.05) is 37.0 Å². The first-order valence-electron chi connectivity index (χ1n) is 7.93. The van der Waals surface area contributed by atoms with Crippen molar-refractivity contribution in [3.63, 3.8) is 0 Å². The highest BCUT2D eigenvalue weighted by atomic mass is 16.2. The van der Waals surface area contributed by atoms with Gasteiger partial charge in [-0.25, -0.2) is 0 Å². The number of carbonyl (C=O) groups is 2. The Bertz CT molecular complexity index is 704. The molecule has 2 rings (SSSR count). The largest absolute Gasteiger partial charge is 0.384 e. The molecule has 24 heavy (non-hydrogen) atoms. The molecule has 0 saturated carbocycles. The highest BCUT2D eigenvalue weighted by molar-refractivity contribution is 5.92. The second-order valence-electron chi connectivity index (χ2n) is 5.75. The molecule has 5 nitrogen and oxygen atoms in total. The van der Waals surface area contributed by atoms with Crippen LogP contribution in [0.2, 0.25) is 0 Å². The Morgan fingerprint density at radius 1 is 0.875 bits per heavy atom. The summed E-state index contributed by atoms with van der Waals surface area (Å²) in [5, 5.41) is 8.85. The maximum Gasteiger partial charge on any atom is 0.226 e. The van der Waals surface area contributed by atoms with Crippen molar-refractivity contribution < 1.29 is 9.59 Å². The van der Waals surface area contributed by atoms with Crippen LogP contribution in [0.5, 0.6) is 0 Å². The van der Waals surface area contributed by atoms with Crippen molar-refractivity contribution in [1.82, 2.24) is 0 Å². The van der Waals surface area contributed by atoms with E-state index in [1.165, 1.54) is 18.1 Å². The van der Waals surface area contributed by atoms with E-state index in [2.05, 4.69) is 16.0 Å². The van der Waals surface area contributed by atoms with E-state index in [1.807, 2.05) is 32.0 Å². The van der Waals surface area contributed by atoms with Crippen LogP contribution in [-0.4, -0.2) is 18.4 Å². The summed E-state index contributed by atoms with van der Waals surface area (Å²) in [6.45, 7) is 6.12. The monoisotopic (exact) mass is 325 g/mol. The van der Waals surface area contributed by atoms with Crippen LogP contribution in [0.4, 0.5) is 17.1 Å². The van der Waals surface area contributed by atoms with Gasteiger partial charge < -0.3 is 16.0 Å². The lowest BCUT2D eigenvalue weighted by molar-refractivity contribution is -0.116. The molecule has 0 radical (unpaired) electrons. The highest BCUT2D eigenvalue weighted by Gasteiger charge is 2.05. The van der Waals surface area contributed by atoms with E-state index in [0.29, 0.717) is 24.3 Å². The predicted octanol–water partition coefficient (Wildman–Crippen LogP) is 3.70. The Morgan fingerprint density at radius 3 is 1.96 bits per heavy atom. The Morgan fingerprint density at radius 2 is 1.42 bits per heavy atom. The van der Waals surface area contributed by atoms with Gasteiger partial charge in [-0.2, -0.15) is 0 Å². The molecule has 2 aromatic rings. The minimum Gasteiger partial charge on any atom is -0.384 e. The smallest absolute Gasteiger partial charge is 0.226 e. The Balaban J connectivity index is 1.82. The number of benzene rings is 2. The third kappa shape index (κ3) is 5.12. The first kappa shape index (κ1) is 17.5. The zero-order valence-electron chi connectivity index (χ0n) is 14.3.